The van der Waals surface area contributed by atoms with E-state index in [0.717, 1.165) is 11.3 Å². The van der Waals surface area contributed by atoms with Crippen molar-refractivity contribution in [3.63, 3.8) is 0 Å². The van der Waals surface area contributed by atoms with Crippen molar-refractivity contribution in [3.05, 3.63) is 29.8 Å². The lowest BCUT2D eigenvalue weighted by Gasteiger charge is -2.08. The molecule has 3 nitrogen and oxygen atoms in total. The second-order valence-corrected chi connectivity index (χ2v) is 2.75. The smallest absolute Gasteiger partial charge is 0.119 e. The van der Waals surface area contributed by atoms with E-state index >= 15 is 0 Å². The zero-order valence-electron chi connectivity index (χ0n) is 7.53. The van der Waals surface area contributed by atoms with Crippen LogP contribution in [-0.2, 0) is 0 Å². The van der Waals surface area contributed by atoms with E-state index in [2.05, 4.69) is 0 Å². The molecule has 0 heterocycles. The van der Waals surface area contributed by atoms with E-state index < -0.39 is 0 Å². The molecule has 0 aliphatic carbocycles. The molecular formula is C10H12N2O. The summed E-state index contributed by atoms with van der Waals surface area (Å²) in [5.74, 6) is 0.769. The highest BCUT2D eigenvalue weighted by atomic mass is 16.5. The van der Waals surface area contributed by atoms with Gasteiger partial charge in [0, 0.05) is 6.04 Å². The molecule has 0 aliphatic heterocycles. The number of hydrogen-bond acceptors (Lipinski definition) is 3. The Morgan fingerprint density at radius 3 is 3.00 bits per heavy atom. The summed E-state index contributed by atoms with van der Waals surface area (Å²) in [7, 11) is 1.61. The molecule has 0 amide bonds. The molecule has 0 unspecified atom stereocenters. The Kier molecular flexibility index (Phi) is 3.30. The lowest BCUT2D eigenvalue weighted by Crippen LogP contribution is -2.08. The number of rotatable bonds is 3. The van der Waals surface area contributed by atoms with Crippen LogP contribution in [0.3, 0.4) is 0 Å². The van der Waals surface area contributed by atoms with Crippen molar-refractivity contribution >= 4 is 0 Å². The molecule has 68 valence electrons. The molecule has 0 saturated carbocycles. The average Bonchev–Trinajstić information content (AvgIpc) is 2.18. The predicted octanol–water partition coefficient (Wildman–Crippen LogP) is 1.61. The molecule has 0 spiro atoms. The van der Waals surface area contributed by atoms with Gasteiger partial charge in [0.1, 0.15) is 5.75 Å². The van der Waals surface area contributed by atoms with Gasteiger partial charge in [-0.15, -0.1) is 0 Å². The number of methoxy groups -OCH3 is 1. The number of nitriles is 1. The van der Waals surface area contributed by atoms with Crippen molar-refractivity contribution in [2.75, 3.05) is 7.11 Å². The van der Waals surface area contributed by atoms with Gasteiger partial charge >= 0.3 is 0 Å². The summed E-state index contributed by atoms with van der Waals surface area (Å²) in [5, 5.41) is 8.46. The van der Waals surface area contributed by atoms with Crippen molar-refractivity contribution in [3.8, 4) is 11.8 Å². The predicted molar refractivity (Wildman–Crippen MR) is 50.2 cm³/mol. The van der Waals surface area contributed by atoms with Crippen molar-refractivity contribution in [2.45, 2.75) is 12.5 Å². The van der Waals surface area contributed by atoms with Crippen LogP contribution in [0, 0.1) is 11.3 Å². The van der Waals surface area contributed by atoms with Crippen molar-refractivity contribution < 1.29 is 4.74 Å². The highest BCUT2D eigenvalue weighted by Crippen LogP contribution is 2.18. The molecule has 1 aromatic carbocycles. The van der Waals surface area contributed by atoms with E-state index in [1.807, 2.05) is 30.3 Å². The highest BCUT2D eigenvalue weighted by Gasteiger charge is 2.05. The molecule has 1 aromatic rings. The van der Waals surface area contributed by atoms with Crippen molar-refractivity contribution in [2.24, 2.45) is 5.73 Å². The van der Waals surface area contributed by atoms with Gasteiger partial charge < -0.3 is 10.5 Å². The summed E-state index contributed by atoms with van der Waals surface area (Å²) in [6, 6.07) is 9.27. The minimum Gasteiger partial charge on any atom is -0.497 e. The molecule has 0 bridgehead atoms. The van der Waals surface area contributed by atoms with Crippen LogP contribution in [0.1, 0.15) is 18.0 Å². The molecule has 13 heavy (non-hydrogen) atoms. The lowest BCUT2D eigenvalue weighted by atomic mass is 10.1. The minimum atomic E-state index is -0.222. The van der Waals surface area contributed by atoms with Crippen molar-refractivity contribution in [1.82, 2.24) is 0 Å². The minimum absolute atomic E-state index is 0.222. The van der Waals surface area contributed by atoms with Crippen LogP contribution in [0.5, 0.6) is 5.75 Å². The maximum atomic E-state index is 8.46. The molecule has 0 fully saturated rings. The van der Waals surface area contributed by atoms with Gasteiger partial charge in [-0.2, -0.15) is 5.26 Å². The zero-order chi connectivity index (χ0) is 9.68. The van der Waals surface area contributed by atoms with Crippen LogP contribution >= 0.6 is 0 Å². The molecule has 1 atom stereocenters. The standard InChI is InChI=1S/C10H12N2O/c1-13-9-4-2-3-8(7-9)10(12)5-6-11/h2-4,7,10H,5,12H2,1H3/t10-/m1/s1. The zero-order valence-corrected chi connectivity index (χ0v) is 7.53. The van der Waals surface area contributed by atoms with Gasteiger partial charge in [0.05, 0.1) is 19.6 Å². The topological polar surface area (TPSA) is 59.0 Å². The summed E-state index contributed by atoms with van der Waals surface area (Å²) in [6.45, 7) is 0. The Balaban J connectivity index is 2.83. The number of nitrogens with two attached hydrogens (primary N) is 1. The first-order chi connectivity index (χ1) is 6.27. The van der Waals surface area contributed by atoms with Crippen LogP contribution in [0.25, 0.3) is 0 Å². The third-order valence-electron chi connectivity index (χ3n) is 1.83. The molecular weight excluding hydrogens is 164 g/mol. The van der Waals surface area contributed by atoms with Gasteiger partial charge in [-0.1, -0.05) is 12.1 Å². The maximum Gasteiger partial charge on any atom is 0.119 e. The SMILES string of the molecule is COc1cccc([C@H](N)CC#N)c1. The van der Waals surface area contributed by atoms with Crippen LogP contribution < -0.4 is 10.5 Å². The Morgan fingerprint density at radius 1 is 1.62 bits per heavy atom. The molecule has 3 heteroatoms. The van der Waals surface area contributed by atoms with Gasteiger partial charge in [0.15, 0.2) is 0 Å². The number of benzene rings is 1. The van der Waals surface area contributed by atoms with Crippen LogP contribution in [-0.4, -0.2) is 7.11 Å². The Morgan fingerprint density at radius 2 is 2.38 bits per heavy atom. The molecule has 0 saturated heterocycles. The fraction of sp³-hybridized carbons (Fsp3) is 0.300. The third kappa shape index (κ3) is 2.46. The highest BCUT2D eigenvalue weighted by molar-refractivity contribution is 5.30. The van der Waals surface area contributed by atoms with Gasteiger partial charge in [-0.05, 0) is 17.7 Å². The summed E-state index contributed by atoms with van der Waals surface area (Å²) < 4.78 is 5.04. The Hall–Kier alpha value is -1.53. The maximum absolute atomic E-state index is 8.46. The molecule has 2 N–H and O–H groups in total. The van der Waals surface area contributed by atoms with E-state index in [4.69, 9.17) is 15.7 Å². The average molecular weight is 176 g/mol. The first-order valence-electron chi connectivity index (χ1n) is 4.04. The van der Waals surface area contributed by atoms with Gasteiger partial charge in [0.2, 0.25) is 0 Å². The molecule has 1 rings (SSSR count). The van der Waals surface area contributed by atoms with Crippen LogP contribution in [0.4, 0.5) is 0 Å². The van der Waals surface area contributed by atoms with Gasteiger partial charge in [-0.3, -0.25) is 0 Å². The third-order valence-corrected chi connectivity index (χ3v) is 1.83. The van der Waals surface area contributed by atoms with E-state index in [1.54, 1.807) is 7.11 Å². The fourth-order valence-corrected chi connectivity index (χ4v) is 1.09. The first-order valence-corrected chi connectivity index (χ1v) is 4.04. The summed E-state index contributed by atoms with van der Waals surface area (Å²) in [4.78, 5) is 0. The van der Waals surface area contributed by atoms with E-state index in [0.29, 0.717) is 6.42 Å². The van der Waals surface area contributed by atoms with Gasteiger partial charge in [0.25, 0.3) is 0 Å². The van der Waals surface area contributed by atoms with E-state index in [1.165, 1.54) is 0 Å². The summed E-state index contributed by atoms with van der Waals surface area (Å²) >= 11 is 0. The number of nitrogens with zero attached hydrogens (tertiary/aromatic N) is 1. The van der Waals surface area contributed by atoms with Gasteiger partial charge in [-0.25, -0.2) is 0 Å². The molecule has 0 aliphatic rings. The Bertz CT molecular complexity index is 317. The first kappa shape index (κ1) is 9.56. The molecule has 0 radical (unpaired) electrons. The van der Waals surface area contributed by atoms with Crippen LogP contribution in [0.15, 0.2) is 24.3 Å². The van der Waals surface area contributed by atoms with E-state index in [-0.39, 0.29) is 6.04 Å². The Labute approximate surface area is 77.7 Å². The summed E-state index contributed by atoms with van der Waals surface area (Å²) in [5.41, 5.74) is 6.68. The lowest BCUT2D eigenvalue weighted by molar-refractivity contribution is 0.414. The van der Waals surface area contributed by atoms with Crippen molar-refractivity contribution in [1.29, 1.82) is 5.26 Å². The largest absolute Gasteiger partial charge is 0.497 e. The molecule has 0 aromatic heterocycles. The normalized spacial score (nSPS) is 11.8. The van der Waals surface area contributed by atoms with E-state index in [9.17, 15) is 0 Å². The quantitative estimate of drug-likeness (QED) is 0.761. The monoisotopic (exact) mass is 176 g/mol. The second-order valence-electron chi connectivity index (χ2n) is 2.75. The second kappa shape index (κ2) is 4.48. The summed E-state index contributed by atoms with van der Waals surface area (Å²) in [6.07, 6.45) is 0.327. The number of ether oxygens (including phenoxy) is 1. The number of hydrogen-bond donors (Lipinski definition) is 1. The fourth-order valence-electron chi connectivity index (χ4n) is 1.09. The van der Waals surface area contributed by atoms with Crippen LogP contribution in [0.2, 0.25) is 0 Å².